The fraction of sp³-hybridized carbons (Fsp3) is 0.200. The summed E-state index contributed by atoms with van der Waals surface area (Å²) >= 11 is 9.66. The van der Waals surface area contributed by atoms with Crippen LogP contribution >= 0.6 is 27.5 Å². The average molecular weight is 341 g/mol. The van der Waals surface area contributed by atoms with Crippen molar-refractivity contribution in [1.82, 2.24) is 0 Å². The zero-order valence-electron chi connectivity index (χ0n) is 10.6. The molecule has 0 atom stereocenters. The molecule has 0 fully saturated rings. The third kappa shape index (κ3) is 3.50. The molecule has 0 aromatic heterocycles. The zero-order valence-corrected chi connectivity index (χ0v) is 13.0. The number of halogens is 2. The Hall–Kier alpha value is -1.03. The van der Waals surface area contributed by atoms with E-state index in [1.54, 1.807) is 0 Å². The van der Waals surface area contributed by atoms with E-state index in [2.05, 4.69) is 15.9 Å². The maximum absolute atomic E-state index is 6.22. The minimum absolute atomic E-state index is 0.565. The van der Waals surface area contributed by atoms with Crippen molar-refractivity contribution >= 4 is 27.5 Å². The molecule has 2 N–H and O–H groups in total. The van der Waals surface area contributed by atoms with Crippen molar-refractivity contribution in [1.29, 1.82) is 0 Å². The molecule has 0 spiro atoms. The lowest BCUT2D eigenvalue weighted by Crippen LogP contribution is -2.04. The molecule has 19 heavy (non-hydrogen) atoms. The summed E-state index contributed by atoms with van der Waals surface area (Å²) in [7, 11) is 0. The maximum atomic E-state index is 6.22. The first kappa shape index (κ1) is 14.4. The van der Waals surface area contributed by atoms with Crippen molar-refractivity contribution in [3.63, 3.8) is 0 Å². The SMILES string of the molecule is Cc1cc(Br)ccc1Oc1c(Cl)cccc1CCN. The topological polar surface area (TPSA) is 35.2 Å². The van der Waals surface area contributed by atoms with Crippen LogP contribution in [0.1, 0.15) is 11.1 Å². The minimum atomic E-state index is 0.565. The monoisotopic (exact) mass is 339 g/mol. The van der Waals surface area contributed by atoms with E-state index in [1.165, 1.54) is 0 Å². The van der Waals surface area contributed by atoms with E-state index in [0.29, 0.717) is 17.3 Å². The van der Waals surface area contributed by atoms with Gasteiger partial charge in [0.25, 0.3) is 0 Å². The fourth-order valence-corrected chi connectivity index (χ4v) is 2.57. The smallest absolute Gasteiger partial charge is 0.149 e. The summed E-state index contributed by atoms with van der Waals surface area (Å²) < 4.78 is 7.00. The number of para-hydroxylation sites is 1. The van der Waals surface area contributed by atoms with Crippen molar-refractivity contribution < 1.29 is 4.74 Å². The van der Waals surface area contributed by atoms with Gasteiger partial charge in [-0.1, -0.05) is 39.7 Å². The highest BCUT2D eigenvalue weighted by Gasteiger charge is 2.10. The van der Waals surface area contributed by atoms with Gasteiger partial charge >= 0.3 is 0 Å². The minimum Gasteiger partial charge on any atom is -0.455 e. The van der Waals surface area contributed by atoms with Crippen LogP contribution in [0.25, 0.3) is 0 Å². The molecule has 0 heterocycles. The summed E-state index contributed by atoms with van der Waals surface area (Å²) in [5.41, 5.74) is 7.69. The van der Waals surface area contributed by atoms with Crippen molar-refractivity contribution in [2.24, 2.45) is 5.73 Å². The van der Waals surface area contributed by atoms with Gasteiger partial charge in [-0.15, -0.1) is 0 Å². The second-order valence-electron chi connectivity index (χ2n) is 4.28. The molecule has 2 aromatic rings. The zero-order chi connectivity index (χ0) is 13.8. The van der Waals surface area contributed by atoms with Crippen LogP contribution in [-0.2, 0) is 6.42 Å². The van der Waals surface area contributed by atoms with Crippen LogP contribution in [0.3, 0.4) is 0 Å². The Bertz CT molecular complexity index is 586. The number of aryl methyl sites for hydroxylation is 1. The highest BCUT2D eigenvalue weighted by Crippen LogP contribution is 2.35. The van der Waals surface area contributed by atoms with E-state index in [9.17, 15) is 0 Å². The van der Waals surface area contributed by atoms with E-state index in [4.69, 9.17) is 22.1 Å². The lowest BCUT2D eigenvalue weighted by molar-refractivity contribution is 0.473. The number of nitrogens with two attached hydrogens (primary N) is 1. The molecular weight excluding hydrogens is 326 g/mol. The quantitative estimate of drug-likeness (QED) is 0.875. The van der Waals surface area contributed by atoms with Crippen molar-refractivity contribution in [2.75, 3.05) is 6.54 Å². The van der Waals surface area contributed by atoms with Gasteiger partial charge in [-0.25, -0.2) is 0 Å². The Morgan fingerprint density at radius 1 is 1.26 bits per heavy atom. The van der Waals surface area contributed by atoms with Crippen LogP contribution in [0.2, 0.25) is 5.02 Å². The molecule has 2 rings (SSSR count). The number of hydrogen-bond acceptors (Lipinski definition) is 2. The second kappa shape index (κ2) is 6.42. The normalized spacial score (nSPS) is 10.5. The first-order valence-corrected chi connectivity index (χ1v) is 7.20. The Balaban J connectivity index is 2.37. The van der Waals surface area contributed by atoms with Gasteiger partial charge in [0.1, 0.15) is 11.5 Å². The van der Waals surface area contributed by atoms with Crippen LogP contribution in [0, 0.1) is 6.92 Å². The molecule has 0 aliphatic carbocycles. The molecule has 0 bridgehead atoms. The number of hydrogen-bond donors (Lipinski definition) is 1. The van der Waals surface area contributed by atoms with Crippen molar-refractivity contribution in [2.45, 2.75) is 13.3 Å². The van der Waals surface area contributed by atoms with Gasteiger partial charge in [0.15, 0.2) is 0 Å². The second-order valence-corrected chi connectivity index (χ2v) is 5.60. The molecule has 0 amide bonds. The summed E-state index contributed by atoms with van der Waals surface area (Å²) in [5.74, 6) is 1.50. The average Bonchev–Trinajstić information content (AvgIpc) is 2.36. The van der Waals surface area contributed by atoms with E-state index < -0.39 is 0 Å². The molecule has 100 valence electrons. The van der Waals surface area contributed by atoms with Gasteiger partial charge in [-0.3, -0.25) is 0 Å². The summed E-state index contributed by atoms with van der Waals surface area (Å²) in [6, 6.07) is 11.6. The summed E-state index contributed by atoms with van der Waals surface area (Å²) in [5, 5.41) is 0.605. The van der Waals surface area contributed by atoms with Crippen LogP contribution in [0.15, 0.2) is 40.9 Å². The molecule has 2 aromatic carbocycles. The fourth-order valence-electron chi connectivity index (χ4n) is 1.86. The van der Waals surface area contributed by atoms with Crippen LogP contribution in [0.5, 0.6) is 11.5 Å². The lowest BCUT2D eigenvalue weighted by atomic mass is 10.1. The summed E-state index contributed by atoms with van der Waals surface area (Å²) in [4.78, 5) is 0. The maximum Gasteiger partial charge on any atom is 0.149 e. The third-order valence-electron chi connectivity index (χ3n) is 2.81. The van der Waals surface area contributed by atoms with E-state index in [1.807, 2.05) is 43.3 Å². The largest absolute Gasteiger partial charge is 0.455 e. The number of ether oxygens (including phenoxy) is 1. The Morgan fingerprint density at radius 3 is 2.74 bits per heavy atom. The number of benzene rings is 2. The Labute approximate surface area is 126 Å². The Morgan fingerprint density at radius 2 is 2.05 bits per heavy atom. The molecule has 4 heteroatoms. The van der Waals surface area contributed by atoms with Crippen LogP contribution < -0.4 is 10.5 Å². The van der Waals surface area contributed by atoms with Crippen LogP contribution in [-0.4, -0.2) is 6.54 Å². The molecular formula is C15H15BrClNO. The summed E-state index contributed by atoms with van der Waals surface area (Å²) in [6.45, 7) is 2.57. The molecule has 0 aliphatic rings. The van der Waals surface area contributed by atoms with Crippen molar-refractivity contribution in [3.8, 4) is 11.5 Å². The van der Waals surface area contributed by atoms with Gasteiger partial charge in [-0.2, -0.15) is 0 Å². The Kier molecular flexibility index (Phi) is 4.86. The summed E-state index contributed by atoms with van der Waals surface area (Å²) in [6.07, 6.45) is 0.742. The highest BCUT2D eigenvalue weighted by molar-refractivity contribution is 9.10. The predicted molar refractivity (Wildman–Crippen MR) is 83.2 cm³/mol. The standard InChI is InChI=1S/C15H15BrClNO/c1-10-9-12(16)5-6-14(10)19-15-11(7-8-18)3-2-4-13(15)17/h2-6,9H,7-8,18H2,1H3. The van der Waals surface area contributed by atoms with Gasteiger partial charge in [-0.05, 0) is 55.3 Å². The van der Waals surface area contributed by atoms with Crippen molar-refractivity contribution in [3.05, 3.63) is 57.0 Å². The molecule has 0 radical (unpaired) electrons. The lowest BCUT2D eigenvalue weighted by Gasteiger charge is -2.14. The van der Waals surface area contributed by atoms with Gasteiger partial charge in [0, 0.05) is 4.47 Å². The van der Waals surface area contributed by atoms with Crippen LogP contribution in [0.4, 0.5) is 0 Å². The molecule has 0 saturated heterocycles. The van der Waals surface area contributed by atoms with Gasteiger partial charge < -0.3 is 10.5 Å². The molecule has 0 saturated carbocycles. The van der Waals surface area contributed by atoms with E-state index >= 15 is 0 Å². The molecule has 0 aliphatic heterocycles. The van der Waals surface area contributed by atoms with E-state index in [0.717, 1.165) is 27.8 Å². The highest BCUT2D eigenvalue weighted by atomic mass is 79.9. The van der Waals surface area contributed by atoms with E-state index in [-0.39, 0.29) is 0 Å². The predicted octanol–water partition coefficient (Wildman–Crippen LogP) is 4.70. The van der Waals surface area contributed by atoms with Gasteiger partial charge in [0.2, 0.25) is 0 Å². The molecule has 0 unspecified atom stereocenters. The first-order valence-electron chi connectivity index (χ1n) is 6.03. The third-order valence-corrected chi connectivity index (χ3v) is 3.60. The van der Waals surface area contributed by atoms with Gasteiger partial charge in [0.05, 0.1) is 5.02 Å². The molecule has 2 nitrogen and oxygen atoms in total. The number of rotatable bonds is 4. The first-order chi connectivity index (χ1) is 9.11.